The van der Waals surface area contributed by atoms with Crippen molar-refractivity contribution in [2.45, 2.75) is 26.7 Å². The van der Waals surface area contributed by atoms with Gasteiger partial charge >= 0.3 is 5.97 Å². The Bertz CT molecular complexity index is 690. The molecule has 1 aliphatic carbocycles. The van der Waals surface area contributed by atoms with Crippen molar-refractivity contribution in [3.8, 4) is 0 Å². The highest BCUT2D eigenvalue weighted by Crippen LogP contribution is 2.45. The van der Waals surface area contributed by atoms with Crippen LogP contribution in [-0.4, -0.2) is 16.1 Å². The van der Waals surface area contributed by atoms with Crippen LogP contribution in [0.5, 0.6) is 0 Å². The third-order valence-electron chi connectivity index (χ3n) is 3.81. The molecule has 0 amide bonds. The zero-order chi connectivity index (χ0) is 13.6. The molecule has 2 aromatic rings. The van der Waals surface area contributed by atoms with Gasteiger partial charge in [-0.15, -0.1) is 0 Å². The molecule has 1 aromatic heterocycles. The number of aromatic amines is 1. The van der Waals surface area contributed by atoms with Crippen LogP contribution in [0.25, 0.3) is 16.5 Å². The molecular weight excluding hydrogens is 238 g/mol. The molecule has 1 fully saturated rings. The summed E-state index contributed by atoms with van der Waals surface area (Å²) >= 11 is 0. The van der Waals surface area contributed by atoms with E-state index < -0.39 is 5.97 Å². The zero-order valence-corrected chi connectivity index (χ0v) is 11.2. The molecule has 3 rings (SSSR count). The molecule has 19 heavy (non-hydrogen) atoms. The fourth-order valence-electron chi connectivity index (χ4n) is 2.79. The lowest BCUT2D eigenvalue weighted by Gasteiger charge is -2.06. The van der Waals surface area contributed by atoms with E-state index in [4.69, 9.17) is 5.11 Å². The third-order valence-corrected chi connectivity index (χ3v) is 3.81. The Hall–Kier alpha value is -2.03. The maximum absolute atomic E-state index is 11.1. The molecular formula is C16H17NO2. The Kier molecular flexibility index (Phi) is 2.70. The van der Waals surface area contributed by atoms with Gasteiger partial charge in [0.2, 0.25) is 0 Å². The molecule has 98 valence electrons. The molecule has 1 aromatic carbocycles. The van der Waals surface area contributed by atoms with Crippen LogP contribution in [0.4, 0.5) is 0 Å². The van der Waals surface area contributed by atoms with Gasteiger partial charge in [-0.25, -0.2) is 4.79 Å². The summed E-state index contributed by atoms with van der Waals surface area (Å²) in [7, 11) is 0. The number of allylic oxidation sites excluding steroid dienone is 1. The maximum atomic E-state index is 11.1. The number of aliphatic carboxylic acids is 1. The van der Waals surface area contributed by atoms with Crippen LogP contribution in [0.2, 0.25) is 0 Å². The second-order valence-electron chi connectivity index (χ2n) is 5.33. The molecule has 0 atom stereocenters. The first-order valence-corrected chi connectivity index (χ1v) is 6.60. The van der Waals surface area contributed by atoms with E-state index >= 15 is 0 Å². The van der Waals surface area contributed by atoms with Gasteiger partial charge in [-0.3, -0.25) is 0 Å². The molecule has 0 saturated heterocycles. The summed E-state index contributed by atoms with van der Waals surface area (Å²) in [5, 5.41) is 10.2. The average Bonchev–Trinajstić information content (AvgIpc) is 3.11. The van der Waals surface area contributed by atoms with Crippen molar-refractivity contribution in [3.05, 3.63) is 41.1 Å². The van der Waals surface area contributed by atoms with Gasteiger partial charge in [0.25, 0.3) is 0 Å². The van der Waals surface area contributed by atoms with Gasteiger partial charge < -0.3 is 10.1 Å². The number of H-pyrrole nitrogens is 1. The van der Waals surface area contributed by atoms with E-state index in [1.807, 2.05) is 13.0 Å². The summed E-state index contributed by atoms with van der Waals surface area (Å²) in [5.41, 5.74) is 5.43. The highest BCUT2D eigenvalue weighted by Gasteiger charge is 2.30. The Morgan fingerprint density at radius 3 is 2.74 bits per heavy atom. The lowest BCUT2D eigenvalue weighted by molar-refractivity contribution is -0.131. The largest absolute Gasteiger partial charge is 0.478 e. The van der Waals surface area contributed by atoms with Crippen molar-refractivity contribution >= 4 is 22.4 Å². The number of rotatable bonds is 3. The second kappa shape index (κ2) is 4.26. The Balaban J connectivity index is 2.26. The fraction of sp³-hybridized carbons (Fsp3) is 0.312. The lowest BCUT2D eigenvalue weighted by atomic mass is 9.97. The van der Waals surface area contributed by atoms with E-state index in [0.717, 1.165) is 40.6 Å². The first-order chi connectivity index (χ1) is 9.08. The topological polar surface area (TPSA) is 53.1 Å². The first-order valence-electron chi connectivity index (χ1n) is 6.60. The van der Waals surface area contributed by atoms with Gasteiger partial charge in [-0.2, -0.15) is 0 Å². The smallest absolute Gasteiger partial charge is 0.328 e. The number of benzene rings is 1. The summed E-state index contributed by atoms with van der Waals surface area (Å²) in [6, 6.07) is 6.17. The summed E-state index contributed by atoms with van der Waals surface area (Å²) in [4.78, 5) is 14.5. The Labute approximate surface area is 112 Å². The standard InChI is InChI=1S/C16H17NO2/c1-9-4-3-5-12-15(10(2)17-16(9)12)13(8-14(18)19)11-6-7-11/h3-5,8,11,17H,6-7H2,1-2H3,(H,18,19)/b13-8+. The molecule has 0 bridgehead atoms. The predicted molar refractivity (Wildman–Crippen MR) is 76.1 cm³/mol. The minimum Gasteiger partial charge on any atom is -0.478 e. The van der Waals surface area contributed by atoms with Crippen molar-refractivity contribution in [2.75, 3.05) is 0 Å². The number of hydrogen-bond donors (Lipinski definition) is 2. The number of para-hydroxylation sites is 1. The molecule has 1 heterocycles. The summed E-state index contributed by atoms with van der Waals surface area (Å²) in [6.45, 7) is 4.09. The average molecular weight is 255 g/mol. The summed E-state index contributed by atoms with van der Waals surface area (Å²) in [5.74, 6) is -0.447. The molecule has 1 aliphatic rings. The van der Waals surface area contributed by atoms with Gasteiger partial charge in [0, 0.05) is 28.2 Å². The number of carboxylic acid groups (broad SMARTS) is 1. The quantitative estimate of drug-likeness (QED) is 0.822. The van der Waals surface area contributed by atoms with Crippen molar-refractivity contribution < 1.29 is 9.90 Å². The van der Waals surface area contributed by atoms with Gasteiger partial charge in [0.15, 0.2) is 0 Å². The van der Waals surface area contributed by atoms with Crippen LogP contribution < -0.4 is 0 Å². The van der Waals surface area contributed by atoms with Crippen molar-refractivity contribution in [3.63, 3.8) is 0 Å². The van der Waals surface area contributed by atoms with E-state index in [0.29, 0.717) is 5.92 Å². The SMILES string of the molecule is Cc1[nH]c2c(C)cccc2c1/C(=C/C(=O)O)C1CC1. The predicted octanol–water partition coefficient (Wildman–Crippen LogP) is 3.66. The van der Waals surface area contributed by atoms with Gasteiger partial charge in [-0.05, 0) is 43.7 Å². The van der Waals surface area contributed by atoms with Crippen LogP contribution in [0, 0.1) is 19.8 Å². The zero-order valence-electron chi connectivity index (χ0n) is 11.2. The Morgan fingerprint density at radius 1 is 1.37 bits per heavy atom. The number of aromatic nitrogens is 1. The number of carbonyl (C=O) groups is 1. The number of hydrogen-bond acceptors (Lipinski definition) is 1. The van der Waals surface area contributed by atoms with Crippen molar-refractivity contribution in [1.82, 2.24) is 4.98 Å². The highest BCUT2D eigenvalue weighted by molar-refractivity contribution is 6.01. The number of nitrogens with one attached hydrogen (secondary N) is 1. The molecule has 3 nitrogen and oxygen atoms in total. The van der Waals surface area contributed by atoms with E-state index in [1.54, 1.807) is 0 Å². The Morgan fingerprint density at radius 2 is 2.11 bits per heavy atom. The number of fused-ring (bicyclic) bond motifs is 1. The number of aryl methyl sites for hydroxylation is 2. The maximum Gasteiger partial charge on any atom is 0.328 e. The number of carboxylic acids is 1. The monoisotopic (exact) mass is 255 g/mol. The van der Waals surface area contributed by atoms with E-state index in [1.165, 1.54) is 11.6 Å². The van der Waals surface area contributed by atoms with Crippen LogP contribution in [0.1, 0.15) is 29.7 Å². The van der Waals surface area contributed by atoms with Crippen LogP contribution in [-0.2, 0) is 4.79 Å². The van der Waals surface area contributed by atoms with Crippen LogP contribution in [0.15, 0.2) is 24.3 Å². The summed E-state index contributed by atoms with van der Waals surface area (Å²) < 4.78 is 0. The highest BCUT2D eigenvalue weighted by atomic mass is 16.4. The molecule has 0 radical (unpaired) electrons. The minimum atomic E-state index is -0.858. The lowest BCUT2D eigenvalue weighted by Crippen LogP contribution is -1.95. The van der Waals surface area contributed by atoms with E-state index in [-0.39, 0.29) is 0 Å². The van der Waals surface area contributed by atoms with Crippen LogP contribution >= 0.6 is 0 Å². The summed E-state index contributed by atoms with van der Waals surface area (Å²) in [6.07, 6.45) is 3.57. The van der Waals surface area contributed by atoms with Crippen molar-refractivity contribution in [2.24, 2.45) is 5.92 Å². The van der Waals surface area contributed by atoms with Crippen molar-refractivity contribution in [1.29, 1.82) is 0 Å². The van der Waals surface area contributed by atoms with E-state index in [2.05, 4.69) is 24.0 Å². The second-order valence-corrected chi connectivity index (χ2v) is 5.33. The molecule has 0 spiro atoms. The molecule has 0 unspecified atom stereocenters. The van der Waals surface area contributed by atoms with Crippen LogP contribution in [0.3, 0.4) is 0 Å². The van der Waals surface area contributed by atoms with Gasteiger partial charge in [0.1, 0.15) is 0 Å². The molecule has 2 N–H and O–H groups in total. The molecule has 1 saturated carbocycles. The normalized spacial score (nSPS) is 16.0. The van der Waals surface area contributed by atoms with Gasteiger partial charge in [-0.1, -0.05) is 18.2 Å². The fourth-order valence-corrected chi connectivity index (χ4v) is 2.79. The third kappa shape index (κ3) is 2.05. The van der Waals surface area contributed by atoms with E-state index in [9.17, 15) is 4.79 Å². The molecule has 3 heteroatoms. The van der Waals surface area contributed by atoms with Gasteiger partial charge in [0.05, 0.1) is 0 Å². The minimum absolute atomic E-state index is 0.411. The first kappa shape index (κ1) is 12.0. The molecule has 0 aliphatic heterocycles.